The SMILES string of the molecule is C=CCCOCCNC(=O)c1cc(C)cc(S(N)(=O)=O)c1. The van der Waals surface area contributed by atoms with Gasteiger partial charge in [-0.3, -0.25) is 4.79 Å². The number of amides is 1. The Hall–Kier alpha value is -1.70. The van der Waals surface area contributed by atoms with Crippen molar-refractivity contribution in [3.63, 3.8) is 0 Å². The third-order valence-electron chi connectivity index (χ3n) is 2.64. The zero-order valence-electron chi connectivity index (χ0n) is 12.0. The van der Waals surface area contributed by atoms with E-state index in [4.69, 9.17) is 9.88 Å². The Morgan fingerprint density at radius 1 is 1.38 bits per heavy atom. The summed E-state index contributed by atoms with van der Waals surface area (Å²) in [6.07, 6.45) is 2.50. The van der Waals surface area contributed by atoms with E-state index in [1.807, 2.05) is 0 Å². The predicted octanol–water partition coefficient (Wildman–Crippen LogP) is 0.965. The topological polar surface area (TPSA) is 98.5 Å². The highest BCUT2D eigenvalue weighted by atomic mass is 32.2. The van der Waals surface area contributed by atoms with Gasteiger partial charge in [0.2, 0.25) is 10.0 Å². The molecule has 0 aromatic heterocycles. The molecule has 1 aromatic carbocycles. The molecule has 21 heavy (non-hydrogen) atoms. The molecule has 1 amide bonds. The fourth-order valence-electron chi connectivity index (χ4n) is 1.65. The molecule has 0 aliphatic heterocycles. The van der Waals surface area contributed by atoms with Crippen molar-refractivity contribution in [1.29, 1.82) is 0 Å². The number of hydrogen-bond donors (Lipinski definition) is 2. The van der Waals surface area contributed by atoms with Crippen LogP contribution in [0.15, 0.2) is 35.7 Å². The lowest BCUT2D eigenvalue weighted by Crippen LogP contribution is -2.27. The van der Waals surface area contributed by atoms with Crippen LogP contribution in [-0.4, -0.2) is 34.1 Å². The van der Waals surface area contributed by atoms with Gasteiger partial charge in [0.1, 0.15) is 0 Å². The van der Waals surface area contributed by atoms with Crippen LogP contribution < -0.4 is 10.5 Å². The maximum atomic E-state index is 11.9. The molecule has 0 aliphatic carbocycles. The Morgan fingerprint density at radius 3 is 2.71 bits per heavy atom. The molecular weight excluding hydrogens is 292 g/mol. The van der Waals surface area contributed by atoms with Crippen molar-refractivity contribution in [2.75, 3.05) is 19.8 Å². The molecule has 0 aliphatic rings. The van der Waals surface area contributed by atoms with E-state index in [9.17, 15) is 13.2 Å². The number of carbonyl (C=O) groups is 1. The molecule has 7 heteroatoms. The van der Waals surface area contributed by atoms with E-state index in [1.54, 1.807) is 19.1 Å². The van der Waals surface area contributed by atoms with E-state index in [0.29, 0.717) is 25.3 Å². The molecule has 6 nitrogen and oxygen atoms in total. The number of nitrogens with one attached hydrogen (secondary N) is 1. The number of primary sulfonamides is 1. The highest BCUT2D eigenvalue weighted by molar-refractivity contribution is 7.89. The van der Waals surface area contributed by atoms with Crippen LogP contribution in [0, 0.1) is 6.92 Å². The van der Waals surface area contributed by atoms with Crippen LogP contribution in [0.3, 0.4) is 0 Å². The van der Waals surface area contributed by atoms with Gasteiger partial charge in [-0.25, -0.2) is 13.6 Å². The molecular formula is C14H20N2O4S. The second-order valence-electron chi connectivity index (χ2n) is 4.53. The molecule has 0 saturated heterocycles. The highest BCUT2D eigenvalue weighted by Gasteiger charge is 2.13. The quantitative estimate of drug-likeness (QED) is 0.552. The van der Waals surface area contributed by atoms with Crippen molar-refractivity contribution in [3.05, 3.63) is 42.0 Å². The number of hydrogen-bond acceptors (Lipinski definition) is 4. The van der Waals surface area contributed by atoms with E-state index < -0.39 is 10.0 Å². The fraction of sp³-hybridized carbons (Fsp3) is 0.357. The molecule has 1 aromatic rings. The van der Waals surface area contributed by atoms with Crippen molar-refractivity contribution in [3.8, 4) is 0 Å². The molecule has 3 N–H and O–H groups in total. The van der Waals surface area contributed by atoms with Crippen LogP contribution in [0.2, 0.25) is 0 Å². The fourth-order valence-corrected chi connectivity index (χ4v) is 2.29. The first-order valence-electron chi connectivity index (χ1n) is 6.46. The molecule has 0 saturated carbocycles. The number of benzene rings is 1. The van der Waals surface area contributed by atoms with Gasteiger partial charge in [0.25, 0.3) is 5.91 Å². The second-order valence-corrected chi connectivity index (χ2v) is 6.09. The van der Waals surface area contributed by atoms with Gasteiger partial charge >= 0.3 is 0 Å². The monoisotopic (exact) mass is 312 g/mol. The molecule has 0 fully saturated rings. The lowest BCUT2D eigenvalue weighted by atomic mass is 10.1. The largest absolute Gasteiger partial charge is 0.379 e. The Bertz CT molecular complexity index is 611. The van der Waals surface area contributed by atoms with Crippen LogP contribution in [0.5, 0.6) is 0 Å². The molecule has 116 valence electrons. The highest BCUT2D eigenvalue weighted by Crippen LogP contribution is 2.13. The first-order chi connectivity index (χ1) is 9.84. The minimum atomic E-state index is -3.83. The maximum Gasteiger partial charge on any atom is 0.251 e. The van der Waals surface area contributed by atoms with E-state index in [1.165, 1.54) is 12.1 Å². The van der Waals surface area contributed by atoms with E-state index in [-0.39, 0.29) is 16.4 Å². The molecule has 1 rings (SSSR count). The lowest BCUT2D eigenvalue weighted by molar-refractivity contribution is 0.0917. The molecule has 0 heterocycles. The summed E-state index contributed by atoms with van der Waals surface area (Å²) in [5.41, 5.74) is 0.902. The van der Waals surface area contributed by atoms with Gasteiger partial charge in [0, 0.05) is 12.1 Å². The smallest absolute Gasteiger partial charge is 0.251 e. The summed E-state index contributed by atoms with van der Waals surface area (Å²) >= 11 is 0. The van der Waals surface area contributed by atoms with Gasteiger partial charge in [-0.05, 0) is 37.1 Å². The van der Waals surface area contributed by atoms with E-state index >= 15 is 0 Å². The minimum absolute atomic E-state index is 0.0742. The summed E-state index contributed by atoms with van der Waals surface area (Å²) in [4.78, 5) is 11.9. The van der Waals surface area contributed by atoms with Crippen molar-refractivity contribution < 1.29 is 17.9 Å². The number of ether oxygens (including phenoxy) is 1. The van der Waals surface area contributed by atoms with Crippen molar-refractivity contribution in [1.82, 2.24) is 5.32 Å². The number of rotatable bonds is 8. The Balaban J connectivity index is 2.62. The number of nitrogens with two attached hydrogens (primary N) is 1. The Kier molecular flexibility index (Phi) is 6.54. The van der Waals surface area contributed by atoms with Crippen LogP contribution >= 0.6 is 0 Å². The van der Waals surface area contributed by atoms with Gasteiger partial charge in [0.05, 0.1) is 18.1 Å². The summed E-state index contributed by atoms with van der Waals surface area (Å²) in [6, 6.07) is 4.28. The van der Waals surface area contributed by atoms with Crippen molar-refractivity contribution >= 4 is 15.9 Å². The van der Waals surface area contributed by atoms with Gasteiger partial charge in [0.15, 0.2) is 0 Å². The predicted molar refractivity (Wildman–Crippen MR) is 80.5 cm³/mol. The number of aryl methyl sites for hydroxylation is 1. The normalized spacial score (nSPS) is 11.1. The van der Waals surface area contributed by atoms with E-state index in [2.05, 4.69) is 11.9 Å². The second kappa shape index (κ2) is 7.92. The zero-order chi connectivity index (χ0) is 15.9. The van der Waals surface area contributed by atoms with Gasteiger partial charge in [-0.15, -0.1) is 6.58 Å². The average Bonchev–Trinajstić information content (AvgIpc) is 2.40. The van der Waals surface area contributed by atoms with Crippen LogP contribution in [0.25, 0.3) is 0 Å². The van der Waals surface area contributed by atoms with E-state index in [0.717, 1.165) is 6.42 Å². The molecule has 0 spiro atoms. The first kappa shape index (κ1) is 17.4. The van der Waals surface area contributed by atoms with Crippen LogP contribution in [0.1, 0.15) is 22.3 Å². The number of carbonyl (C=O) groups excluding carboxylic acids is 1. The lowest BCUT2D eigenvalue weighted by Gasteiger charge is -2.08. The summed E-state index contributed by atoms with van der Waals surface area (Å²) in [5.74, 6) is -0.365. The zero-order valence-corrected chi connectivity index (χ0v) is 12.8. The number of sulfonamides is 1. The van der Waals surface area contributed by atoms with Gasteiger partial charge in [-0.2, -0.15) is 0 Å². The average molecular weight is 312 g/mol. The van der Waals surface area contributed by atoms with Gasteiger partial charge in [-0.1, -0.05) is 6.08 Å². The minimum Gasteiger partial charge on any atom is -0.379 e. The van der Waals surface area contributed by atoms with Crippen molar-refractivity contribution in [2.24, 2.45) is 5.14 Å². The van der Waals surface area contributed by atoms with Crippen LogP contribution in [-0.2, 0) is 14.8 Å². The maximum absolute atomic E-state index is 11.9. The standard InChI is InChI=1S/C14H20N2O4S/c1-3-4-6-20-7-5-16-14(17)12-8-11(2)9-13(10-12)21(15,18)19/h3,8-10H,1,4-7H2,2H3,(H,16,17)(H2,15,18,19). The molecule has 0 unspecified atom stereocenters. The molecule has 0 atom stereocenters. The first-order valence-corrected chi connectivity index (χ1v) is 8.00. The third-order valence-corrected chi connectivity index (χ3v) is 3.53. The summed E-state index contributed by atoms with van der Waals surface area (Å²) in [6.45, 7) is 6.55. The molecule has 0 bridgehead atoms. The molecule has 0 radical (unpaired) electrons. The Labute approximate surface area is 125 Å². The third kappa shape index (κ3) is 6.07. The Morgan fingerprint density at radius 2 is 2.10 bits per heavy atom. The summed E-state index contributed by atoms with van der Waals surface area (Å²) in [5, 5.41) is 7.73. The summed E-state index contributed by atoms with van der Waals surface area (Å²) in [7, 11) is -3.83. The van der Waals surface area contributed by atoms with Gasteiger partial charge < -0.3 is 10.1 Å². The van der Waals surface area contributed by atoms with Crippen LogP contribution in [0.4, 0.5) is 0 Å². The summed E-state index contributed by atoms with van der Waals surface area (Å²) < 4.78 is 27.9. The van der Waals surface area contributed by atoms with Crippen molar-refractivity contribution in [2.45, 2.75) is 18.2 Å².